The molecular formula is C20H23F2N5O2. The highest BCUT2D eigenvalue weighted by molar-refractivity contribution is 5.95. The number of nitrogens with zero attached hydrogens (tertiary/aromatic N) is 3. The number of phenols is 1. The van der Waals surface area contributed by atoms with Crippen molar-refractivity contribution in [2.45, 2.75) is 43.6 Å². The summed E-state index contributed by atoms with van der Waals surface area (Å²) in [5.41, 5.74) is 0.122. The molecule has 2 aliphatic rings. The third-order valence-corrected chi connectivity index (χ3v) is 5.90. The fourth-order valence-corrected chi connectivity index (χ4v) is 4.25. The van der Waals surface area contributed by atoms with Gasteiger partial charge < -0.3 is 20.6 Å². The number of anilines is 1. The first-order chi connectivity index (χ1) is 13.9. The van der Waals surface area contributed by atoms with Crippen molar-refractivity contribution in [1.82, 2.24) is 20.8 Å². The van der Waals surface area contributed by atoms with Crippen molar-refractivity contribution >= 4 is 11.7 Å². The number of nitrogens with one attached hydrogen (secondary N) is 2. The second kappa shape index (κ2) is 7.55. The molecule has 2 fully saturated rings. The molecule has 2 aliphatic heterocycles. The van der Waals surface area contributed by atoms with Crippen LogP contribution in [-0.4, -0.2) is 59.6 Å². The minimum absolute atomic E-state index is 0.118. The van der Waals surface area contributed by atoms with Crippen LogP contribution in [0.5, 0.6) is 5.75 Å². The number of alkyl halides is 1. The Morgan fingerprint density at radius 3 is 2.79 bits per heavy atom. The molecule has 1 aromatic carbocycles. The van der Waals surface area contributed by atoms with E-state index in [2.05, 4.69) is 20.8 Å². The molecule has 0 aliphatic carbocycles. The normalized spacial score (nSPS) is 25.7. The quantitative estimate of drug-likeness (QED) is 0.724. The van der Waals surface area contributed by atoms with Crippen LogP contribution in [0.4, 0.5) is 14.6 Å². The number of amides is 1. The number of hydrogen-bond donors (Lipinski definition) is 3. The summed E-state index contributed by atoms with van der Waals surface area (Å²) in [5, 5.41) is 24.1. The zero-order chi connectivity index (χ0) is 20.7. The lowest BCUT2D eigenvalue weighted by molar-refractivity contribution is 0.0958. The monoisotopic (exact) mass is 403 g/mol. The van der Waals surface area contributed by atoms with E-state index in [4.69, 9.17) is 0 Å². The van der Waals surface area contributed by atoms with Crippen LogP contribution < -0.4 is 15.5 Å². The van der Waals surface area contributed by atoms with Crippen molar-refractivity contribution in [3.8, 4) is 17.0 Å². The van der Waals surface area contributed by atoms with Gasteiger partial charge in [-0.15, -0.1) is 10.2 Å². The molecule has 7 nitrogen and oxygen atoms in total. The second-order valence-electron chi connectivity index (χ2n) is 7.61. The molecule has 0 radical (unpaired) electrons. The molecular weight excluding hydrogens is 380 g/mol. The Bertz CT molecular complexity index is 924. The highest BCUT2D eigenvalue weighted by Gasteiger charge is 2.43. The molecule has 0 spiro atoms. The lowest BCUT2D eigenvalue weighted by Crippen LogP contribution is -2.55. The first-order valence-electron chi connectivity index (χ1n) is 9.60. The van der Waals surface area contributed by atoms with E-state index in [1.807, 2.05) is 0 Å². The van der Waals surface area contributed by atoms with Crippen LogP contribution >= 0.6 is 0 Å². The first kappa shape index (κ1) is 19.5. The van der Waals surface area contributed by atoms with Gasteiger partial charge in [0, 0.05) is 31.7 Å². The Kier molecular flexibility index (Phi) is 5.08. The third kappa shape index (κ3) is 3.50. The maximum Gasteiger partial charge on any atom is 0.254 e. The molecule has 9 heteroatoms. The largest absolute Gasteiger partial charge is 0.507 e. The number of carbonyl (C=O) groups excluding carboxylic acids is 1. The van der Waals surface area contributed by atoms with Gasteiger partial charge in [0.2, 0.25) is 0 Å². The van der Waals surface area contributed by atoms with Crippen molar-refractivity contribution in [3.05, 3.63) is 35.6 Å². The van der Waals surface area contributed by atoms with Crippen LogP contribution in [0, 0.1) is 5.82 Å². The van der Waals surface area contributed by atoms with E-state index in [-0.39, 0.29) is 34.7 Å². The predicted molar refractivity (Wildman–Crippen MR) is 104 cm³/mol. The number of rotatable bonds is 4. The molecule has 4 atom stereocenters. The molecule has 2 saturated heterocycles. The summed E-state index contributed by atoms with van der Waals surface area (Å²) in [5.74, 6) is -1.18. The van der Waals surface area contributed by atoms with E-state index in [1.54, 1.807) is 24.1 Å². The third-order valence-electron chi connectivity index (χ3n) is 5.90. The Balaban J connectivity index is 1.57. The maximum absolute atomic E-state index is 14.8. The highest BCUT2D eigenvalue weighted by atomic mass is 19.1. The fourth-order valence-electron chi connectivity index (χ4n) is 4.25. The van der Waals surface area contributed by atoms with Gasteiger partial charge in [-0.25, -0.2) is 8.78 Å². The second-order valence-corrected chi connectivity index (χ2v) is 7.61. The number of aromatic hydroxyl groups is 1. The molecule has 4 rings (SSSR count). The average Bonchev–Trinajstić information content (AvgIpc) is 3.14. The molecule has 3 heterocycles. The summed E-state index contributed by atoms with van der Waals surface area (Å²) in [6, 6.07) is 5.29. The Labute approximate surface area is 167 Å². The van der Waals surface area contributed by atoms with E-state index in [9.17, 15) is 18.7 Å². The molecule has 2 unspecified atom stereocenters. The van der Waals surface area contributed by atoms with E-state index in [0.29, 0.717) is 18.3 Å². The van der Waals surface area contributed by atoms with Crippen LogP contribution in [0.25, 0.3) is 11.3 Å². The summed E-state index contributed by atoms with van der Waals surface area (Å²) in [6.07, 6.45) is 1.54. The van der Waals surface area contributed by atoms with Crippen molar-refractivity contribution in [2.75, 3.05) is 19.0 Å². The molecule has 3 N–H and O–H groups in total. The number of aromatic nitrogens is 2. The molecule has 29 heavy (non-hydrogen) atoms. The Morgan fingerprint density at radius 2 is 2.10 bits per heavy atom. The first-order valence-corrected chi connectivity index (χ1v) is 9.60. The minimum Gasteiger partial charge on any atom is -0.507 e. The highest BCUT2D eigenvalue weighted by Crippen LogP contribution is 2.34. The number of halogens is 2. The topological polar surface area (TPSA) is 90.4 Å². The van der Waals surface area contributed by atoms with Crippen LogP contribution in [0.15, 0.2) is 24.3 Å². The van der Waals surface area contributed by atoms with E-state index in [0.717, 1.165) is 25.0 Å². The minimum atomic E-state index is -0.990. The Hall–Kier alpha value is -2.81. The van der Waals surface area contributed by atoms with Gasteiger partial charge in [-0.2, -0.15) is 0 Å². The molecule has 154 valence electrons. The SMILES string of the molecule is CNC(=O)c1cc(O)c(-c2ccc(N(C)[C@@H]3CC4CCC(N4)[C@@H]3F)nn2)cc1F. The zero-order valence-electron chi connectivity index (χ0n) is 16.2. The number of hydrogen-bond acceptors (Lipinski definition) is 6. The zero-order valence-corrected chi connectivity index (χ0v) is 16.2. The summed E-state index contributed by atoms with van der Waals surface area (Å²) < 4.78 is 29.0. The van der Waals surface area contributed by atoms with Gasteiger partial charge >= 0.3 is 0 Å². The van der Waals surface area contributed by atoms with Gasteiger partial charge in [-0.05, 0) is 43.5 Å². The maximum atomic E-state index is 14.8. The number of carbonyl (C=O) groups is 1. The van der Waals surface area contributed by atoms with Crippen molar-refractivity contribution in [3.63, 3.8) is 0 Å². The van der Waals surface area contributed by atoms with Crippen LogP contribution in [0.3, 0.4) is 0 Å². The van der Waals surface area contributed by atoms with Crippen molar-refractivity contribution in [1.29, 1.82) is 0 Å². The van der Waals surface area contributed by atoms with E-state index < -0.39 is 17.9 Å². The molecule has 2 aromatic rings. The summed E-state index contributed by atoms with van der Waals surface area (Å²) in [7, 11) is 3.17. The standard InChI is InChI=1S/C20H23F2N5O2/c1-23-20(29)11-9-17(28)12(8-13(11)21)14-5-6-18(26-25-14)27(2)16-7-10-3-4-15(24-10)19(16)22/h5-6,8-10,15-16,19,24,28H,3-4,7H2,1-2H3,(H,23,29)/t10?,15?,16-,19+/m1/s1. The van der Waals surface area contributed by atoms with Crippen molar-refractivity contribution < 1.29 is 18.7 Å². The van der Waals surface area contributed by atoms with Gasteiger partial charge in [0.1, 0.15) is 17.7 Å². The smallest absolute Gasteiger partial charge is 0.254 e. The van der Waals surface area contributed by atoms with Gasteiger partial charge in [-0.1, -0.05) is 0 Å². The number of phenolic OH excluding ortho intramolecular Hbond substituents is 1. The van der Waals surface area contributed by atoms with Crippen LogP contribution in [0.2, 0.25) is 0 Å². The van der Waals surface area contributed by atoms with Gasteiger partial charge in [-0.3, -0.25) is 4.79 Å². The predicted octanol–water partition coefficient (Wildman–Crippen LogP) is 2.02. The molecule has 1 aromatic heterocycles. The number of fused-ring (bicyclic) bond motifs is 2. The lowest BCUT2D eigenvalue weighted by atomic mass is 9.96. The molecule has 1 amide bonds. The number of piperidine rings is 1. The van der Waals surface area contributed by atoms with Gasteiger partial charge in [0.25, 0.3) is 5.91 Å². The van der Waals surface area contributed by atoms with Gasteiger partial charge in [0.15, 0.2) is 5.82 Å². The number of benzene rings is 1. The summed E-state index contributed by atoms with van der Waals surface area (Å²) in [6.45, 7) is 0. The molecule has 0 saturated carbocycles. The summed E-state index contributed by atoms with van der Waals surface area (Å²) >= 11 is 0. The van der Waals surface area contributed by atoms with Crippen molar-refractivity contribution in [2.24, 2.45) is 0 Å². The summed E-state index contributed by atoms with van der Waals surface area (Å²) in [4.78, 5) is 13.4. The van der Waals surface area contributed by atoms with E-state index in [1.165, 1.54) is 7.05 Å². The van der Waals surface area contributed by atoms with Crippen LogP contribution in [0.1, 0.15) is 29.6 Å². The Morgan fingerprint density at radius 1 is 1.31 bits per heavy atom. The lowest BCUT2D eigenvalue weighted by Gasteiger charge is -2.38. The van der Waals surface area contributed by atoms with Gasteiger partial charge in [0.05, 0.1) is 17.3 Å². The van der Waals surface area contributed by atoms with Crippen LogP contribution in [-0.2, 0) is 0 Å². The van der Waals surface area contributed by atoms with E-state index >= 15 is 0 Å². The fraction of sp³-hybridized carbons (Fsp3) is 0.450. The molecule has 2 bridgehead atoms. The average molecular weight is 403 g/mol.